The number of para-hydroxylation sites is 2. The summed E-state index contributed by atoms with van der Waals surface area (Å²) in [5, 5.41) is 12.6. The topological polar surface area (TPSA) is 73.0 Å². The summed E-state index contributed by atoms with van der Waals surface area (Å²) in [7, 11) is 0. The van der Waals surface area contributed by atoms with Gasteiger partial charge in [-0.3, -0.25) is 0 Å². The molecule has 19 heavy (non-hydrogen) atoms. The maximum absolute atomic E-state index is 8.61. The van der Waals surface area contributed by atoms with Crippen LogP contribution >= 0.6 is 0 Å². The van der Waals surface area contributed by atoms with Gasteiger partial charge in [0.15, 0.2) is 11.5 Å². The summed E-state index contributed by atoms with van der Waals surface area (Å²) in [4.78, 5) is 3.82. The molecule has 0 saturated heterocycles. The molecule has 1 heterocycles. The van der Waals surface area contributed by atoms with E-state index in [-0.39, 0.29) is 5.82 Å². The highest BCUT2D eigenvalue weighted by Gasteiger charge is 2.04. The van der Waals surface area contributed by atoms with E-state index in [2.05, 4.69) is 10.1 Å². The monoisotopic (exact) mass is 258 g/mol. The van der Waals surface area contributed by atoms with Crippen LogP contribution in [0.2, 0.25) is 0 Å². The molecule has 0 saturated carbocycles. The lowest BCUT2D eigenvalue weighted by molar-refractivity contribution is 0.262. The van der Waals surface area contributed by atoms with Crippen LogP contribution in [0.15, 0.2) is 30.6 Å². The third-order valence-corrected chi connectivity index (χ3v) is 2.36. The van der Waals surface area contributed by atoms with Crippen LogP contribution < -0.4 is 9.47 Å². The van der Waals surface area contributed by atoms with E-state index in [4.69, 9.17) is 14.7 Å². The summed E-state index contributed by atoms with van der Waals surface area (Å²) in [5.41, 5.74) is 0. The zero-order valence-corrected chi connectivity index (χ0v) is 10.6. The molecule has 2 rings (SSSR count). The minimum Gasteiger partial charge on any atom is -0.490 e. The van der Waals surface area contributed by atoms with Crippen LogP contribution in [-0.2, 0) is 6.54 Å². The second kappa shape index (κ2) is 6.40. The van der Waals surface area contributed by atoms with E-state index >= 15 is 0 Å². The van der Waals surface area contributed by atoms with Crippen LogP contribution in [0.25, 0.3) is 0 Å². The largest absolute Gasteiger partial charge is 0.490 e. The fourth-order valence-corrected chi connectivity index (χ4v) is 1.55. The van der Waals surface area contributed by atoms with Crippen LogP contribution in [-0.4, -0.2) is 28.0 Å². The van der Waals surface area contributed by atoms with Crippen molar-refractivity contribution < 1.29 is 9.47 Å². The van der Waals surface area contributed by atoms with Gasteiger partial charge in [0.25, 0.3) is 5.82 Å². The first-order chi connectivity index (χ1) is 9.33. The average molecular weight is 258 g/mol. The second-order valence-corrected chi connectivity index (χ2v) is 3.67. The van der Waals surface area contributed by atoms with Gasteiger partial charge in [0.05, 0.1) is 13.2 Å². The van der Waals surface area contributed by atoms with Gasteiger partial charge >= 0.3 is 0 Å². The molecule has 0 spiro atoms. The Morgan fingerprint density at radius 3 is 2.63 bits per heavy atom. The van der Waals surface area contributed by atoms with E-state index in [1.165, 1.54) is 6.33 Å². The Morgan fingerprint density at radius 2 is 2.00 bits per heavy atom. The van der Waals surface area contributed by atoms with Crippen LogP contribution in [0.1, 0.15) is 12.7 Å². The van der Waals surface area contributed by atoms with Crippen molar-refractivity contribution in [2.24, 2.45) is 0 Å². The summed E-state index contributed by atoms with van der Waals surface area (Å²) in [6.45, 7) is 3.47. The Labute approximate surface area is 111 Å². The van der Waals surface area contributed by atoms with Crippen molar-refractivity contribution in [1.82, 2.24) is 14.8 Å². The zero-order chi connectivity index (χ0) is 13.5. The Kier molecular flexibility index (Phi) is 4.34. The molecule has 0 N–H and O–H groups in total. The lowest BCUT2D eigenvalue weighted by Gasteiger charge is -2.11. The number of aromatic nitrogens is 3. The molecule has 0 radical (unpaired) electrons. The third kappa shape index (κ3) is 3.45. The van der Waals surface area contributed by atoms with E-state index < -0.39 is 0 Å². The third-order valence-electron chi connectivity index (χ3n) is 2.36. The molecule has 0 aliphatic rings. The first-order valence-electron chi connectivity index (χ1n) is 5.97. The van der Waals surface area contributed by atoms with E-state index in [1.807, 2.05) is 37.3 Å². The molecule has 0 unspecified atom stereocenters. The molecule has 0 aliphatic heterocycles. The van der Waals surface area contributed by atoms with Crippen molar-refractivity contribution in [3.8, 4) is 17.6 Å². The predicted molar refractivity (Wildman–Crippen MR) is 67.8 cm³/mol. The van der Waals surface area contributed by atoms with Gasteiger partial charge in [0.1, 0.15) is 19.0 Å². The smallest absolute Gasteiger partial charge is 0.252 e. The van der Waals surface area contributed by atoms with Gasteiger partial charge in [0.2, 0.25) is 0 Å². The van der Waals surface area contributed by atoms with Gasteiger partial charge in [0, 0.05) is 0 Å². The van der Waals surface area contributed by atoms with Crippen molar-refractivity contribution in [3.63, 3.8) is 0 Å². The number of benzene rings is 1. The van der Waals surface area contributed by atoms with Gasteiger partial charge in [-0.25, -0.2) is 9.67 Å². The highest BCUT2D eigenvalue weighted by molar-refractivity contribution is 5.39. The van der Waals surface area contributed by atoms with Gasteiger partial charge in [-0.05, 0) is 19.1 Å². The normalized spacial score (nSPS) is 9.89. The van der Waals surface area contributed by atoms with E-state index in [0.29, 0.717) is 25.5 Å². The summed E-state index contributed by atoms with van der Waals surface area (Å²) >= 11 is 0. The molecule has 0 bridgehead atoms. The molecular weight excluding hydrogens is 244 g/mol. The molecule has 6 nitrogen and oxygen atoms in total. The number of hydrogen-bond donors (Lipinski definition) is 0. The Morgan fingerprint density at radius 1 is 1.26 bits per heavy atom. The van der Waals surface area contributed by atoms with E-state index in [9.17, 15) is 0 Å². The van der Waals surface area contributed by atoms with Crippen LogP contribution in [0.4, 0.5) is 0 Å². The van der Waals surface area contributed by atoms with Gasteiger partial charge < -0.3 is 9.47 Å². The van der Waals surface area contributed by atoms with Crippen LogP contribution in [0, 0.1) is 11.3 Å². The Balaban J connectivity index is 1.90. The number of nitriles is 1. The molecule has 6 heteroatoms. The number of hydrogen-bond acceptors (Lipinski definition) is 5. The minimum absolute atomic E-state index is 0.162. The maximum Gasteiger partial charge on any atom is 0.252 e. The van der Waals surface area contributed by atoms with Crippen molar-refractivity contribution in [1.29, 1.82) is 5.26 Å². The van der Waals surface area contributed by atoms with Crippen LogP contribution in [0.5, 0.6) is 11.5 Å². The summed E-state index contributed by atoms with van der Waals surface area (Å²) in [5.74, 6) is 1.58. The average Bonchev–Trinajstić information content (AvgIpc) is 2.89. The van der Waals surface area contributed by atoms with Crippen molar-refractivity contribution in [2.75, 3.05) is 13.2 Å². The highest BCUT2D eigenvalue weighted by Crippen LogP contribution is 2.26. The SMILES string of the molecule is CCOc1ccccc1OCCn1cnc(C#N)n1. The Bertz CT molecular complexity index is 574. The van der Waals surface area contributed by atoms with Crippen molar-refractivity contribution >= 4 is 0 Å². The van der Waals surface area contributed by atoms with Crippen molar-refractivity contribution in [2.45, 2.75) is 13.5 Å². The second-order valence-electron chi connectivity index (χ2n) is 3.67. The quantitative estimate of drug-likeness (QED) is 0.787. The first kappa shape index (κ1) is 12.9. The number of ether oxygens (including phenoxy) is 2. The highest BCUT2D eigenvalue weighted by atomic mass is 16.5. The summed E-state index contributed by atoms with van der Waals surface area (Å²) in [6.07, 6.45) is 1.51. The maximum atomic E-state index is 8.61. The van der Waals surface area contributed by atoms with Crippen LogP contribution in [0.3, 0.4) is 0 Å². The summed E-state index contributed by atoms with van der Waals surface area (Å²) < 4.78 is 12.7. The fraction of sp³-hybridized carbons (Fsp3) is 0.308. The molecule has 1 aromatic heterocycles. The van der Waals surface area contributed by atoms with E-state index in [0.717, 1.165) is 5.75 Å². The fourth-order valence-electron chi connectivity index (χ4n) is 1.55. The predicted octanol–water partition coefficient (Wildman–Crippen LogP) is 1.63. The lowest BCUT2D eigenvalue weighted by Crippen LogP contribution is -2.09. The summed E-state index contributed by atoms with van der Waals surface area (Å²) in [6, 6.07) is 9.38. The van der Waals surface area contributed by atoms with Gasteiger partial charge in [-0.2, -0.15) is 5.26 Å². The molecule has 98 valence electrons. The minimum atomic E-state index is 0.162. The molecule has 0 aliphatic carbocycles. The van der Waals surface area contributed by atoms with E-state index in [1.54, 1.807) is 4.68 Å². The molecule has 0 amide bonds. The molecule has 0 fully saturated rings. The molecule has 0 atom stereocenters. The van der Waals surface area contributed by atoms with Gasteiger partial charge in [-0.1, -0.05) is 12.1 Å². The van der Waals surface area contributed by atoms with Gasteiger partial charge in [-0.15, -0.1) is 5.10 Å². The lowest BCUT2D eigenvalue weighted by atomic mass is 10.3. The zero-order valence-electron chi connectivity index (χ0n) is 10.6. The molecular formula is C13H14N4O2. The molecule has 1 aromatic carbocycles. The Hall–Kier alpha value is -2.55. The molecule has 2 aromatic rings. The number of rotatable bonds is 6. The number of nitrogens with zero attached hydrogens (tertiary/aromatic N) is 4. The first-order valence-corrected chi connectivity index (χ1v) is 5.97. The van der Waals surface area contributed by atoms with Crippen molar-refractivity contribution in [3.05, 3.63) is 36.4 Å². The standard InChI is InChI=1S/C13H14N4O2/c1-2-18-11-5-3-4-6-12(11)19-8-7-17-10-15-13(9-14)16-17/h3-6,10H,2,7-8H2,1H3.